The third-order valence-corrected chi connectivity index (χ3v) is 3.17. The molecule has 1 aromatic rings. The molecule has 0 saturated heterocycles. The number of methoxy groups -OCH3 is 2. The highest BCUT2D eigenvalue weighted by atomic mass is 79.9. The average Bonchev–Trinajstić information content (AvgIpc) is 2.46. The summed E-state index contributed by atoms with van der Waals surface area (Å²) in [5, 5.41) is 2.76. The molecule has 7 heteroatoms. The van der Waals surface area contributed by atoms with Crippen molar-refractivity contribution in [3.8, 4) is 0 Å². The van der Waals surface area contributed by atoms with Crippen LogP contribution in [-0.4, -0.2) is 31.9 Å². The van der Waals surface area contributed by atoms with Gasteiger partial charge in [-0.1, -0.05) is 0 Å². The van der Waals surface area contributed by atoms with E-state index in [0.717, 1.165) is 6.08 Å². The van der Waals surface area contributed by atoms with Gasteiger partial charge < -0.3 is 14.8 Å². The van der Waals surface area contributed by atoms with Gasteiger partial charge in [0, 0.05) is 10.0 Å². The fourth-order valence-corrected chi connectivity index (χ4v) is 1.89. The van der Waals surface area contributed by atoms with Gasteiger partial charge in [-0.15, -0.1) is 0 Å². The molecular weight excluding hydrogens is 342 g/mol. The molecule has 112 valence electrons. The second-order valence-electron chi connectivity index (χ2n) is 3.95. The van der Waals surface area contributed by atoms with Gasteiger partial charge in [-0.3, -0.25) is 4.79 Å². The molecule has 0 spiro atoms. The van der Waals surface area contributed by atoms with Crippen LogP contribution in [0.15, 0.2) is 34.4 Å². The van der Waals surface area contributed by atoms with Gasteiger partial charge in [-0.05, 0) is 41.1 Å². The highest BCUT2D eigenvalue weighted by Crippen LogP contribution is 2.25. The van der Waals surface area contributed by atoms with Crippen molar-refractivity contribution < 1.29 is 23.9 Å². The van der Waals surface area contributed by atoms with Crippen LogP contribution in [0.4, 0.5) is 5.69 Å². The lowest BCUT2D eigenvalue weighted by Crippen LogP contribution is -2.15. The first-order valence-electron chi connectivity index (χ1n) is 5.84. The minimum absolute atomic E-state index is 0.0828. The van der Waals surface area contributed by atoms with E-state index in [0.29, 0.717) is 15.7 Å². The first-order valence-corrected chi connectivity index (χ1v) is 6.63. The standard InChI is InChI=1S/C14H14BrNO5/c1-8(17)9-4-5-11(10(15)6-9)16-12(14(19)21-3)7-13(18)20-2/h4-7,16H,1-3H3/b12-7+. The van der Waals surface area contributed by atoms with Crippen LogP contribution in [0.2, 0.25) is 0 Å². The summed E-state index contributed by atoms with van der Waals surface area (Å²) in [5.74, 6) is -1.50. The van der Waals surface area contributed by atoms with Crippen LogP contribution in [0.25, 0.3) is 0 Å². The number of carbonyl (C=O) groups excluding carboxylic acids is 3. The van der Waals surface area contributed by atoms with Gasteiger partial charge in [0.2, 0.25) is 0 Å². The number of halogens is 1. The lowest BCUT2D eigenvalue weighted by atomic mass is 10.1. The van der Waals surface area contributed by atoms with Crippen molar-refractivity contribution >= 4 is 39.3 Å². The number of ketones is 1. The highest BCUT2D eigenvalue weighted by Gasteiger charge is 2.14. The Morgan fingerprint density at radius 1 is 1.19 bits per heavy atom. The largest absolute Gasteiger partial charge is 0.466 e. The summed E-state index contributed by atoms with van der Waals surface area (Å²) in [6.45, 7) is 1.45. The van der Waals surface area contributed by atoms with E-state index < -0.39 is 11.9 Å². The zero-order valence-electron chi connectivity index (χ0n) is 11.7. The fraction of sp³-hybridized carbons (Fsp3) is 0.214. The summed E-state index contributed by atoms with van der Waals surface area (Å²) in [6.07, 6.45) is 0.983. The zero-order valence-corrected chi connectivity index (χ0v) is 13.3. The Morgan fingerprint density at radius 3 is 2.33 bits per heavy atom. The maximum atomic E-state index is 11.6. The molecule has 1 rings (SSSR count). The first kappa shape index (κ1) is 16.9. The van der Waals surface area contributed by atoms with Crippen molar-refractivity contribution in [3.63, 3.8) is 0 Å². The van der Waals surface area contributed by atoms with Crippen LogP contribution in [0.3, 0.4) is 0 Å². The van der Waals surface area contributed by atoms with Crippen molar-refractivity contribution in [2.45, 2.75) is 6.92 Å². The molecule has 0 aliphatic carbocycles. The van der Waals surface area contributed by atoms with Gasteiger partial charge in [0.15, 0.2) is 5.78 Å². The van der Waals surface area contributed by atoms with E-state index >= 15 is 0 Å². The molecule has 0 fully saturated rings. The van der Waals surface area contributed by atoms with E-state index in [1.54, 1.807) is 18.2 Å². The van der Waals surface area contributed by atoms with Gasteiger partial charge in [0.05, 0.1) is 26.0 Å². The molecule has 0 aliphatic rings. The van der Waals surface area contributed by atoms with Gasteiger partial charge in [-0.2, -0.15) is 0 Å². The van der Waals surface area contributed by atoms with Crippen molar-refractivity contribution in [2.75, 3.05) is 19.5 Å². The summed E-state index contributed by atoms with van der Waals surface area (Å²) in [4.78, 5) is 34.2. The van der Waals surface area contributed by atoms with E-state index in [1.807, 2.05) is 0 Å². The highest BCUT2D eigenvalue weighted by molar-refractivity contribution is 9.10. The lowest BCUT2D eigenvalue weighted by Gasteiger charge is -2.11. The molecule has 6 nitrogen and oxygen atoms in total. The van der Waals surface area contributed by atoms with Crippen LogP contribution < -0.4 is 5.32 Å². The van der Waals surface area contributed by atoms with Crippen molar-refractivity contribution in [1.82, 2.24) is 0 Å². The first-order chi connectivity index (χ1) is 9.88. The number of carbonyl (C=O) groups is 3. The maximum absolute atomic E-state index is 11.6. The van der Waals surface area contributed by atoms with Gasteiger partial charge >= 0.3 is 11.9 Å². The van der Waals surface area contributed by atoms with Crippen LogP contribution in [0.5, 0.6) is 0 Å². The number of nitrogens with one attached hydrogen (secondary N) is 1. The topological polar surface area (TPSA) is 81.7 Å². The Kier molecular flexibility index (Phi) is 6.10. The van der Waals surface area contributed by atoms with Crippen molar-refractivity contribution in [2.24, 2.45) is 0 Å². The molecule has 0 unspecified atom stereocenters. The predicted octanol–water partition coefficient (Wildman–Crippen LogP) is 2.29. The van der Waals surface area contributed by atoms with E-state index in [-0.39, 0.29) is 11.5 Å². The Labute approximate surface area is 130 Å². The Morgan fingerprint density at radius 2 is 1.86 bits per heavy atom. The number of hydrogen-bond donors (Lipinski definition) is 1. The summed E-state index contributed by atoms with van der Waals surface area (Å²) in [6, 6.07) is 4.81. The van der Waals surface area contributed by atoms with Crippen molar-refractivity contribution in [1.29, 1.82) is 0 Å². The molecule has 0 aromatic heterocycles. The van der Waals surface area contributed by atoms with Crippen LogP contribution in [-0.2, 0) is 19.1 Å². The minimum atomic E-state index is -0.719. The van der Waals surface area contributed by atoms with E-state index in [2.05, 4.69) is 30.7 Å². The Balaban J connectivity index is 3.10. The van der Waals surface area contributed by atoms with Gasteiger partial charge in [-0.25, -0.2) is 9.59 Å². The smallest absolute Gasteiger partial charge is 0.354 e. The molecule has 1 N–H and O–H groups in total. The monoisotopic (exact) mass is 355 g/mol. The molecule has 0 atom stereocenters. The van der Waals surface area contributed by atoms with E-state index in [9.17, 15) is 14.4 Å². The molecule has 1 aromatic carbocycles. The lowest BCUT2D eigenvalue weighted by molar-refractivity contribution is -0.138. The number of hydrogen-bond acceptors (Lipinski definition) is 6. The minimum Gasteiger partial charge on any atom is -0.466 e. The average molecular weight is 356 g/mol. The second kappa shape index (κ2) is 7.58. The number of anilines is 1. The Bertz CT molecular complexity index is 609. The summed E-state index contributed by atoms with van der Waals surface area (Å²) >= 11 is 3.29. The van der Waals surface area contributed by atoms with Crippen molar-refractivity contribution in [3.05, 3.63) is 40.0 Å². The third-order valence-electron chi connectivity index (χ3n) is 2.51. The molecule has 0 heterocycles. The number of Topliss-reactive ketones (excluding diaryl/α,β-unsaturated/α-hetero) is 1. The maximum Gasteiger partial charge on any atom is 0.354 e. The quantitative estimate of drug-likeness (QED) is 0.495. The van der Waals surface area contributed by atoms with Gasteiger partial charge in [0.1, 0.15) is 5.70 Å². The zero-order chi connectivity index (χ0) is 16.0. The summed E-state index contributed by atoms with van der Waals surface area (Å²) < 4.78 is 9.62. The van der Waals surface area contributed by atoms with Crippen LogP contribution in [0.1, 0.15) is 17.3 Å². The number of rotatable bonds is 5. The summed E-state index contributed by atoms with van der Waals surface area (Å²) in [7, 11) is 2.40. The Hall–Kier alpha value is -2.15. The van der Waals surface area contributed by atoms with E-state index in [1.165, 1.54) is 21.1 Å². The molecule has 0 aliphatic heterocycles. The molecule has 21 heavy (non-hydrogen) atoms. The number of ether oxygens (including phenoxy) is 2. The molecule has 0 amide bonds. The fourth-order valence-electron chi connectivity index (χ4n) is 1.41. The third kappa shape index (κ3) is 4.71. The van der Waals surface area contributed by atoms with E-state index in [4.69, 9.17) is 0 Å². The SMILES string of the molecule is COC(=O)/C=C(/Nc1ccc(C(C)=O)cc1Br)C(=O)OC. The molecule has 0 bridgehead atoms. The molecule has 0 saturated carbocycles. The second-order valence-corrected chi connectivity index (χ2v) is 4.80. The number of benzene rings is 1. The van der Waals surface area contributed by atoms with Crippen LogP contribution in [0, 0.1) is 0 Å². The molecular formula is C14H14BrNO5. The normalized spacial score (nSPS) is 10.8. The summed E-state index contributed by atoms with van der Waals surface area (Å²) in [5.41, 5.74) is 0.935. The van der Waals surface area contributed by atoms with Gasteiger partial charge in [0.25, 0.3) is 0 Å². The van der Waals surface area contributed by atoms with Crippen LogP contribution >= 0.6 is 15.9 Å². The number of esters is 2. The molecule has 0 radical (unpaired) electrons. The predicted molar refractivity (Wildman–Crippen MR) is 79.9 cm³/mol.